The van der Waals surface area contributed by atoms with E-state index in [4.69, 9.17) is 5.73 Å². The van der Waals surface area contributed by atoms with E-state index in [2.05, 4.69) is 5.32 Å². The molecule has 1 aliphatic rings. The van der Waals surface area contributed by atoms with Gasteiger partial charge >= 0.3 is 0 Å². The van der Waals surface area contributed by atoms with E-state index < -0.39 is 0 Å². The van der Waals surface area contributed by atoms with Gasteiger partial charge in [-0.05, 0) is 35.6 Å². The van der Waals surface area contributed by atoms with E-state index in [1.165, 1.54) is 6.07 Å². The molecule has 1 aromatic rings. The van der Waals surface area contributed by atoms with Crippen molar-refractivity contribution in [2.75, 3.05) is 23.7 Å². The van der Waals surface area contributed by atoms with Crippen LogP contribution in [0.3, 0.4) is 0 Å². The number of carbonyl (C=O) groups is 1. The number of halogens is 2. The first kappa shape index (κ1) is 12.4. The second-order valence-corrected chi connectivity index (χ2v) is 5.15. The maximum absolute atomic E-state index is 13.5. The van der Waals surface area contributed by atoms with Crippen LogP contribution in [0.4, 0.5) is 15.8 Å². The van der Waals surface area contributed by atoms with Gasteiger partial charge in [0.15, 0.2) is 0 Å². The number of hydrogen-bond donors (Lipinski definition) is 2. The Labute approximate surface area is 112 Å². The van der Waals surface area contributed by atoms with Gasteiger partial charge in [0.25, 0.3) is 0 Å². The van der Waals surface area contributed by atoms with Crippen molar-refractivity contribution >= 4 is 39.9 Å². The Bertz CT molecular complexity index is 466. The van der Waals surface area contributed by atoms with Crippen LogP contribution in [-0.2, 0) is 4.79 Å². The summed E-state index contributed by atoms with van der Waals surface area (Å²) in [6.07, 6.45) is 0. The molecule has 1 aromatic carbocycles. The minimum absolute atomic E-state index is 0.0605. The minimum Gasteiger partial charge on any atom is -0.397 e. The highest BCUT2D eigenvalue weighted by atomic mass is 127. The molecule has 17 heavy (non-hydrogen) atoms. The van der Waals surface area contributed by atoms with Gasteiger partial charge in [0.2, 0.25) is 5.91 Å². The summed E-state index contributed by atoms with van der Waals surface area (Å²) in [7, 11) is 0. The van der Waals surface area contributed by atoms with Crippen LogP contribution in [0.1, 0.15) is 6.92 Å². The molecule has 0 aromatic heterocycles. The lowest BCUT2D eigenvalue weighted by Crippen LogP contribution is -2.54. The second kappa shape index (κ2) is 4.67. The van der Waals surface area contributed by atoms with Crippen LogP contribution in [0.15, 0.2) is 12.1 Å². The fourth-order valence-corrected chi connectivity index (χ4v) is 2.40. The summed E-state index contributed by atoms with van der Waals surface area (Å²) in [6, 6.07) is 2.65. The van der Waals surface area contributed by atoms with E-state index in [-0.39, 0.29) is 17.8 Å². The van der Waals surface area contributed by atoms with Crippen LogP contribution in [0.25, 0.3) is 0 Å². The Morgan fingerprint density at radius 3 is 3.00 bits per heavy atom. The Morgan fingerprint density at radius 1 is 1.59 bits per heavy atom. The molecule has 0 radical (unpaired) electrons. The zero-order valence-corrected chi connectivity index (χ0v) is 11.5. The third-order valence-electron chi connectivity index (χ3n) is 2.88. The lowest BCUT2D eigenvalue weighted by molar-refractivity contribution is -0.122. The summed E-state index contributed by atoms with van der Waals surface area (Å²) >= 11 is 1.89. The zero-order chi connectivity index (χ0) is 12.6. The highest BCUT2D eigenvalue weighted by Crippen LogP contribution is 2.29. The topological polar surface area (TPSA) is 58.4 Å². The number of nitrogens with one attached hydrogen (secondary N) is 1. The van der Waals surface area contributed by atoms with Crippen molar-refractivity contribution < 1.29 is 9.18 Å². The van der Waals surface area contributed by atoms with Crippen molar-refractivity contribution in [2.45, 2.75) is 13.0 Å². The normalized spacial score (nSPS) is 20.3. The number of rotatable bonds is 1. The summed E-state index contributed by atoms with van der Waals surface area (Å²) in [6.45, 7) is 2.97. The lowest BCUT2D eigenvalue weighted by atomic mass is 10.1. The fourth-order valence-electron chi connectivity index (χ4n) is 1.91. The molecule has 1 heterocycles. The van der Waals surface area contributed by atoms with E-state index in [1.54, 1.807) is 13.0 Å². The number of carbonyl (C=O) groups excluding carboxylic acids is 1. The van der Waals surface area contributed by atoms with Crippen LogP contribution < -0.4 is 16.0 Å². The van der Waals surface area contributed by atoms with Crippen LogP contribution in [-0.4, -0.2) is 25.0 Å². The number of amides is 1. The lowest BCUT2D eigenvalue weighted by Gasteiger charge is -2.35. The molecule has 3 N–H and O–H groups in total. The number of nitrogens with two attached hydrogens (primary N) is 1. The number of hydrogen-bond acceptors (Lipinski definition) is 3. The van der Waals surface area contributed by atoms with Gasteiger partial charge in [0.05, 0.1) is 14.9 Å². The zero-order valence-electron chi connectivity index (χ0n) is 9.34. The average molecular weight is 349 g/mol. The summed E-state index contributed by atoms with van der Waals surface area (Å²) < 4.78 is 14.0. The molecule has 2 rings (SSSR count). The van der Waals surface area contributed by atoms with Crippen molar-refractivity contribution in [3.05, 3.63) is 21.5 Å². The average Bonchev–Trinajstić information content (AvgIpc) is 2.28. The smallest absolute Gasteiger partial charge is 0.242 e. The maximum atomic E-state index is 13.5. The van der Waals surface area contributed by atoms with Gasteiger partial charge in [-0.1, -0.05) is 0 Å². The van der Waals surface area contributed by atoms with E-state index >= 15 is 0 Å². The van der Waals surface area contributed by atoms with Crippen LogP contribution in [0.2, 0.25) is 0 Å². The molecule has 1 amide bonds. The monoisotopic (exact) mass is 349 g/mol. The van der Waals surface area contributed by atoms with Crippen LogP contribution in [0, 0.1) is 9.39 Å². The molecule has 0 spiro atoms. The maximum Gasteiger partial charge on any atom is 0.242 e. The molecule has 6 heteroatoms. The first-order chi connectivity index (χ1) is 8.00. The van der Waals surface area contributed by atoms with E-state index in [0.717, 1.165) is 0 Å². The standard InChI is InChI=1S/C11H13FIN3O/c1-6-11(17)15-2-3-16(6)10-4-7(12)8(13)5-9(10)14/h4-6H,2-3,14H2,1H3,(H,15,17). The van der Waals surface area contributed by atoms with Crippen molar-refractivity contribution in [2.24, 2.45) is 0 Å². The van der Waals surface area contributed by atoms with E-state index in [0.29, 0.717) is 28.0 Å². The number of benzene rings is 1. The highest BCUT2D eigenvalue weighted by Gasteiger charge is 2.27. The molecule has 4 nitrogen and oxygen atoms in total. The van der Waals surface area contributed by atoms with Crippen LogP contribution >= 0.6 is 22.6 Å². The molecule has 1 aliphatic heterocycles. The first-order valence-electron chi connectivity index (χ1n) is 5.29. The molecule has 1 atom stereocenters. The first-order valence-corrected chi connectivity index (χ1v) is 6.37. The van der Waals surface area contributed by atoms with E-state index in [1.807, 2.05) is 27.5 Å². The highest BCUT2D eigenvalue weighted by molar-refractivity contribution is 14.1. The second-order valence-electron chi connectivity index (χ2n) is 3.99. The molecular formula is C11H13FIN3O. The largest absolute Gasteiger partial charge is 0.397 e. The van der Waals surface area contributed by atoms with Crippen molar-refractivity contribution in [1.82, 2.24) is 5.32 Å². The molecule has 1 fully saturated rings. The molecular weight excluding hydrogens is 336 g/mol. The van der Waals surface area contributed by atoms with Gasteiger partial charge in [0.1, 0.15) is 11.9 Å². The van der Waals surface area contributed by atoms with Crippen molar-refractivity contribution in [3.8, 4) is 0 Å². The summed E-state index contributed by atoms with van der Waals surface area (Å²) in [5.41, 5.74) is 6.97. The minimum atomic E-state index is -0.328. The SMILES string of the molecule is CC1C(=O)NCCN1c1cc(F)c(I)cc1N. The Balaban J connectivity index is 2.39. The molecule has 0 aliphatic carbocycles. The predicted octanol–water partition coefficient (Wildman–Crippen LogP) is 1.34. The summed E-state index contributed by atoms with van der Waals surface area (Å²) in [5.74, 6) is -0.373. The summed E-state index contributed by atoms with van der Waals surface area (Å²) in [4.78, 5) is 13.4. The third kappa shape index (κ3) is 2.31. The predicted molar refractivity (Wildman–Crippen MR) is 73.3 cm³/mol. The number of piperazine rings is 1. The fraction of sp³-hybridized carbons (Fsp3) is 0.364. The molecule has 1 unspecified atom stereocenters. The van der Waals surface area contributed by atoms with Gasteiger partial charge in [-0.25, -0.2) is 4.39 Å². The Hall–Kier alpha value is -1.05. The quantitative estimate of drug-likeness (QED) is 0.594. The van der Waals surface area contributed by atoms with Gasteiger partial charge in [-0.3, -0.25) is 4.79 Å². The molecule has 0 saturated carbocycles. The third-order valence-corrected chi connectivity index (χ3v) is 3.70. The number of nitrogens with zero attached hydrogens (tertiary/aromatic N) is 1. The van der Waals surface area contributed by atoms with Gasteiger partial charge in [0, 0.05) is 19.2 Å². The van der Waals surface area contributed by atoms with Gasteiger partial charge < -0.3 is 16.0 Å². The molecule has 1 saturated heterocycles. The van der Waals surface area contributed by atoms with Crippen molar-refractivity contribution in [3.63, 3.8) is 0 Å². The van der Waals surface area contributed by atoms with Gasteiger partial charge in [-0.2, -0.15) is 0 Å². The van der Waals surface area contributed by atoms with E-state index in [9.17, 15) is 9.18 Å². The number of nitrogen functional groups attached to an aromatic ring is 1. The Morgan fingerprint density at radius 2 is 2.29 bits per heavy atom. The number of anilines is 2. The molecule has 0 bridgehead atoms. The Kier molecular flexibility index (Phi) is 3.41. The van der Waals surface area contributed by atoms with Gasteiger partial charge in [-0.15, -0.1) is 0 Å². The molecule has 92 valence electrons. The van der Waals surface area contributed by atoms with Crippen LogP contribution in [0.5, 0.6) is 0 Å². The summed E-state index contributed by atoms with van der Waals surface area (Å²) in [5, 5.41) is 2.76. The van der Waals surface area contributed by atoms with Crippen molar-refractivity contribution in [1.29, 1.82) is 0 Å².